The number of hydrogen-bond donors (Lipinski definition) is 0. The molecule has 5 nitrogen and oxygen atoms in total. The van der Waals surface area contributed by atoms with Gasteiger partial charge in [0, 0.05) is 18.7 Å². The van der Waals surface area contributed by atoms with Crippen molar-refractivity contribution < 1.29 is 18.3 Å². The average molecular weight is 276 g/mol. The van der Waals surface area contributed by atoms with Gasteiger partial charge in [-0.3, -0.25) is 4.79 Å². The number of morpholine rings is 1. The topological polar surface area (TPSA) is 55.6 Å². The summed E-state index contributed by atoms with van der Waals surface area (Å²) in [7, 11) is 0. The first-order chi connectivity index (χ1) is 9.75. The van der Waals surface area contributed by atoms with Crippen LogP contribution in [0, 0.1) is 5.82 Å². The molecule has 0 bridgehead atoms. The number of benzene rings is 1. The summed E-state index contributed by atoms with van der Waals surface area (Å²) in [6, 6.07) is 5.76. The van der Waals surface area contributed by atoms with Crippen molar-refractivity contribution in [2.45, 2.75) is 0 Å². The van der Waals surface area contributed by atoms with E-state index in [9.17, 15) is 9.18 Å². The zero-order valence-corrected chi connectivity index (χ0v) is 10.7. The third-order valence-electron chi connectivity index (χ3n) is 3.17. The van der Waals surface area contributed by atoms with E-state index in [1.807, 2.05) is 0 Å². The maximum atomic E-state index is 12.9. The third kappa shape index (κ3) is 2.42. The molecule has 1 saturated heterocycles. The fraction of sp³-hybridized carbons (Fsp3) is 0.286. The van der Waals surface area contributed by atoms with Crippen LogP contribution in [0.4, 0.5) is 4.39 Å². The van der Waals surface area contributed by atoms with Crippen LogP contribution in [0.15, 0.2) is 35.1 Å². The van der Waals surface area contributed by atoms with Gasteiger partial charge in [0.05, 0.1) is 13.2 Å². The van der Waals surface area contributed by atoms with Crippen LogP contribution in [0.2, 0.25) is 0 Å². The highest BCUT2D eigenvalue weighted by Crippen LogP contribution is 2.24. The summed E-state index contributed by atoms with van der Waals surface area (Å²) in [6.45, 7) is 2.12. The summed E-state index contributed by atoms with van der Waals surface area (Å²) < 4.78 is 23.4. The lowest BCUT2D eigenvalue weighted by molar-refractivity contribution is 0.0299. The SMILES string of the molecule is O=C(c1ncoc1-c1ccc(F)cc1)N1CCOCC1. The second-order valence-corrected chi connectivity index (χ2v) is 4.44. The van der Waals surface area contributed by atoms with E-state index in [0.29, 0.717) is 37.6 Å². The van der Waals surface area contributed by atoms with Gasteiger partial charge >= 0.3 is 0 Å². The molecule has 0 radical (unpaired) electrons. The van der Waals surface area contributed by atoms with Crippen molar-refractivity contribution >= 4 is 5.91 Å². The molecule has 0 saturated carbocycles. The molecule has 2 aromatic rings. The number of ether oxygens (including phenoxy) is 1. The van der Waals surface area contributed by atoms with E-state index in [1.165, 1.54) is 18.5 Å². The van der Waals surface area contributed by atoms with Crippen molar-refractivity contribution in [3.63, 3.8) is 0 Å². The van der Waals surface area contributed by atoms with Gasteiger partial charge in [0.1, 0.15) is 5.82 Å². The highest BCUT2D eigenvalue weighted by molar-refractivity contribution is 5.97. The smallest absolute Gasteiger partial charge is 0.276 e. The van der Waals surface area contributed by atoms with E-state index in [-0.39, 0.29) is 17.4 Å². The fourth-order valence-electron chi connectivity index (χ4n) is 2.12. The maximum absolute atomic E-state index is 12.9. The predicted molar refractivity (Wildman–Crippen MR) is 68.6 cm³/mol. The van der Waals surface area contributed by atoms with Gasteiger partial charge in [-0.1, -0.05) is 0 Å². The molecule has 0 atom stereocenters. The van der Waals surface area contributed by atoms with Gasteiger partial charge < -0.3 is 14.1 Å². The highest BCUT2D eigenvalue weighted by Gasteiger charge is 2.25. The highest BCUT2D eigenvalue weighted by atomic mass is 19.1. The molecule has 3 rings (SSSR count). The Balaban J connectivity index is 1.89. The van der Waals surface area contributed by atoms with Gasteiger partial charge in [0.15, 0.2) is 17.8 Å². The summed E-state index contributed by atoms with van der Waals surface area (Å²) in [5.41, 5.74) is 0.874. The van der Waals surface area contributed by atoms with Crippen molar-refractivity contribution in [2.24, 2.45) is 0 Å². The minimum atomic E-state index is -0.339. The van der Waals surface area contributed by atoms with Crippen LogP contribution >= 0.6 is 0 Å². The fourth-order valence-corrected chi connectivity index (χ4v) is 2.12. The number of nitrogens with zero attached hydrogens (tertiary/aromatic N) is 2. The van der Waals surface area contributed by atoms with Crippen LogP contribution in [0.1, 0.15) is 10.5 Å². The number of halogens is 1. The molecule has 2 heterocycles. The van der Waals surface area contributed by atoms with Gasteiger partial charge in [0.2, 0.25) is 0 Å². The van der Waals surface area contributed by atoms with E-state index in [4.69, 9.17) is 9.15 Å². The molecule has 1 amide bonds. The first-order valence-electron chi connectivity index (χ1n) is 6.32. The number of amides is 1. The monoisotopic (exact) mass is 276 g/mol. The molecule has 0 aliphatic carbocycles. The Morgan fingerprint density at radius 3 is 2.60 bits per heavy atom. The zero-order valence-electron chi connectivity index (χ0n) is 10.7. The van der Waals surface area contributed by atoms with Crippen LogP contribution in [0.3, 0.4) is 0 Å². The average Bonchev–Trinajstić information content (AvgIpc) is 2.97. The molecule has 0 unspecified atom stereocenters. The lowest BCUT2D eigenvalue weighted by Crippen LogP contribution is -2.41. The second-order valence-electron chi connectivity index (χ2n) is 4.44. The van der Waals surface area contributed by atoms with Crippen molar-refractivity contribution in [1.29, 1.82) is 0 Å². The molecule has 0 spiro atoms. The summed E-state index contributed by atoms with van der Waals surface area (Å²) in [4.78, 5) is 18.1. The lowest BCUT2D eigenvalue weighted by Gasteiger charge is -2.26. The van der Waals surface area contributed by atoms with Gasteiger partial charge in [-0.05, 0) is 24.3 Å². The summed E-state index contributed by atoms with van der Waals surface area (Å²) in [5.74, 6) is -0.169. The molecule has 1 aromatic carbocycles. The number of carbonyl (C=O) groups is 1. The Hall–Kier alpha value is -2.21. The van der Waals surface area contributed by atoms with Gasteiger partial charge in [0.25, 0.3) is 5.91 Å². The van der Waals surface area contributed by atoms with E-state index in [0.717, 1.165) is 0 Å². The molecule has 1 fully saturated rings. The molecular formula is C14H13FN2O3. The van der Waals surface area contributed by atoms with E-state index >= 15 is 0 Å². The number of oxazole rings is 1. The number of carbonyl (C=O) groups excluding carboxylic acids is 1. The largest absolute Gasteiger partial charge is 0.443 e. The number of aromatic nitrogens is 1. The zero-order chi connectivity index (χ0) is 13.9. The third-order valence-corrected chi connectivity index (χ3v) is 3.17. The molecule has 104 valence electrons. The first-order valence-corrected chi connectivity index (χ1v) is 6.32. The molecule has 20 heavy (non-hydrogen) atoms. The molecule has 1 aromatic heterocycles. The van der Waals surface area contributed by atoms with Gasteiger partial charge in [-0.15, -0.1) is 0 Å². The van der Waals surface area contributed by atoms with Crippen LogP contribution in [0.5, 0.6) is 0 Å². The maximum Gasteiger partial charge on any atom is 0.276 e. The Bertz CT molecular complexity index is 603. The predicted octanol–water partition coefficient (Wildman–Crippen LogP) is 1.95. The van der Waals surface area contributed by atoms with Crippen molar-refractivity contribution in [1.82, 2.24) is 9.88 Å². The minimum Gasteiger partial charge on any atom is -0.443 e. The van der Waals surface area contributed by atoms with Crippen molar-refractivity contribution in [3.05, 3.63) is 42.2 Å². The number of rotatable bonds is 2. The Kier molecular flexibility index (Phi) is 3.47. The second kappa shape index (κ2) is 5.42. The van der Waals surface area contributed by atoms with Gasteiger partial charge in [-0.2, -0.15) is 0 Å². The van der Waals surface area contributed by atoms with Crippen LogP contribution in [-0.2, 0) is 4.74 Å². The number of hydrogen-bond acceptors (Lipinski definition) is 4. The van der Waals surface area contributed by atoms with Gasteiger partial charge in [-0.25, -0.2) is 9.37 Å². The Morgan fingerprint density at radius 1 is 1.20 bits per heavy atom. The molecule has 1 aliphatic heterocycles. The summed E-state index contributed by atoms with van der Waals surface area (Å²) in [6.07, 6.45) is 1.23. The standard InChI is InChI=1S/C14H13FN2O3/c15-11-3-1-10(2-4-11)13-12(16-9-20-13)14(18)17-5-7-19-8-6-17/h1-4,9H,5-8H2. The first kappa shape index (κ1) is 12.8. The molecule has 0 N–H and O–H groups in total. The Labute approximate surface area is 115 Å². The molecule has 6 heteroatoms. The van der Waals surface area contributed by atoms with E-state index < -0.39 is 0 Å². The van der Waals surface area contributed by atoms with E-state index in [2.05, 4.69) is 4.98 Å². The quantitative estimate of drug-likeness (QED) is 0.841. The van der Waals surface area contributed by atoms with Crippen molar-refractivity contribution in [2.75, 3.05) is 26.3 Å². The van der Waals surface area contributed by atoms with Crippen molar-refractivity contribution in [3.8, 4) is 11.3 Å². The Morgan fingerprint density at radius 2 is 1.90 bits per heavy atom. The van der Waals surface area contributed by atoms with E-state index in [1.54, 1.807) is 17.0 Å². The molecule has 1 aliphatic rings. The van der Waals surface area contributed by atoms with Crippen LogP contribution in [0.25, 0.3) is 11.3 Å². The van der Waals surface area contributed by atoms with Crippen LogP contribution in [-0.4, -0.2) is 42.1 Å². The summed E-state index contributed by atoms with van der Waals surface area (Å²) >= 11 is 0. The normalized spacial score (nSPS) is 15.3. The van der Waals surface area contributed by atoms with Crippen LogP contribution < -0.4 is 0 Å². The minimum absolute atomic E-state index is 0.193. The molecular weight excluding hydrogens is 263 g/mol. The lowest BCUT2D eigenvalue weighted by atomic mass is 10.1. The summed E-state index contributed by atoms with van der Waals surface area (Å²) in [5, 5.41) is 0.